The lowest BCUT2D eigenvalue weighted by Gasteiger charge is -2.22. The molecule has 1 N–H and O–H groups in total. The van der Waals surface area contributed by atoms with E-state index in [1.165, 1.54) is 45.2 Å². The topological polar surface area (TPSA) is 196 Å². The number of alkyl halides is 3. The van der Waals surface area contributed by atoms with Gasteiger partial charge in [0.05, 0.1) is 45.8 Å². The van der Waals surface area contributed by atoms with Crippen LogP contribution in [0.25, 0.3) is 16.9 Å². The zero-order valence-electron chi connectivity index (χ0n) is 29.7. The summed E-state index contributed by atoms with van der Waals surface area (Å²) >= 11 is 0. The number of likely N-dealkylation sites (N-methyl/N-ethyl adjacent to an activating group) is 1. The van der Waals surface area contributed by atoms with Crippen LogP contribution in [0.15, 0.2) is 89.0 Å². The van der Waals surface area contributed by atoms with Gasteiger partial charge in [-0.25, -0.2) is 22.7 Å². The maximum atomic E-state index is 13.5. The highest BCUT2D eigenvalue weighted by Gasteiger charge is 2.40. The van der Waals surface area contributed by atoms with E-state index in [9.17, 15) is 46.0 Å². The van der Waals surface area contributed by atoms with Crippen molar-refractivity contribution < 1.29 is 55.3 Å². The van der Waals surface area contributed by atoms with Crippen LogP contribution in [0, 0.1) is 12.1 Å². The molecule has 16 nitrogen and oxygen atoms in total. The number of ether oxygens (including phenoxy) is 1. The van der Waals surface area contributed by atoms with Crippen molar-refractivity contribution in [3.63, 3.8) is 0 Å². The summed E-state index contributed by atoms with van der Waals surface area (Å²) in [6.07, 6.45) is -7.07. The predicted molar refractivity (Wildman–Crippen MR) is 185 cm³/mol. The molecule has 2 atom stereocenters. The number of aromatic nitrogens is 2. The van der Waals surface area contributed by atoms with E-state index in [1.54, 1.807) is 36.4 Å². The number of hydrazine groups is 1. The third-order valence-corrected chi connectivity index (χ3v) is 9.78. The number of fused-ring (bicyclic) bond motifs is 1. The van der Waals surface area contributed by atoms with Gasteiger partial charge in [0.2, 0.25) is 17.4 Å². The number of aryl methyl sites for hydroxylation is 1. The van der Waals surface area contributed by atoms with Crippen LogP contribution in [0.3, 0.4) is 0 Å². The quantitative estimate of drug-likeness (QED) is 0.0608. The van der Waals surface area contributed by atoms with Crippen molar-refractivity contribution in [1.29, 1.82) is 0 Å². The number of esters is 1. The second-order valence-electron chi connectivity index (χ2n) is 12.4. The largest absolute Gasteiger partial charge is 0.569 e. The summed E-state index contributed by atoms with van der Waals surface area (Å²) < 4.78 is 74.4. The van der Waals surface area contributed by atoms with E-state index < -0.39 is 70.7 Å². The first-order chi connectivity index (χ1) is 25.9. The predicted octanol–water partition coefficient (Wildman–Crippen LogP) is 4.77. The van der Waals surface area contributed by atoms with Gasteiger partial charge in [0.15, 0.2) is 5.69 Å². The van der Waals surface area contributed by atoms with Crippen LogP contribution in [-0.2, 0) is 35.4 Å². The van der Waals surface area contributed by atoms with Crippen molar-refractivity contribution in [1.82, 2.24) is 24.4 Å². The molecular formula is C35H34F3N7O9S. The summed E-state index contributed by atoms with van der Waals surface area (Å²) in [7, 11) is -3.15. The van der Waals surface area contributed by atoms with Crippen molar-refractivity contribution in [3.05, 3.63) is 106 Å². The zero-order chi connectivity index (χ0) is 40.2. The average molecular weight is 786 g/mol. The molecule has 0 radical (unpaired) electrons. The number of sulfonamides is 1. The van der Waals surface area contributed by atoms with Crippen LogP contribution in [0.5, 0.6) is 0 Å². The van der Waals surface area contributed by atoms with Gasteiger partial charge in [-0.3, -0.25) is 19.2 Å². The first-order valence-corrected chi connectivity index (χ1v) is 18.0. The van der Waals surface area contributed by atoms with Gasteiger partial charge in [0, 0.05) is 12.0 Å². The van der Waals surface area contributed by atoms with Gasteiger partial charge in [-0.2, -0.15) is 18.3 Å². The summed E-state index contributed by atoms with van der Waals surface area (Å²) in [5.41, 5.74) is 0.806. The van der Waals surface area contributed by atoms with Crippen molar-refractivity contribution in [2.75, 3.05) is 13.7 Å². The van der Waals surface area contributed by atoms with E-state index in [-0.39, 0.29) is 39.0 Å². The fourth-order valence-corrected chi connectivity index (χ4v) is 6.22. The molecule has 1 aliphatic rings. The third-order valence-electron chi connectivity index (χ3n) is 8.40. The molecule has 0 bridgehead atoms. The summed E-state index contributed by atoms with van der Waals surface area (Å²) in [4.78, 5) is 55.5. The number of halogens is 3. The van der Waals surface area contributed by atoms with Gasteiger partial charge in [-0.15, -0.1) is 5.01 Å². The normalized spacial score (nSPS) is 14.3. The molecule has 2 heterocycles. The number of carbonyl (C=O) groups excluding carboxylic acids is 4. The lowest BCUT2D eigenvalue weighted by Crippen LogP contribution is -2.41. The number of benzene rings is 3. The highest BCUT2D eigenvalue weighted by atomic mass is 32.2. The lowest BCUT2D eigenvalue weighted by atomic mass is 10.1. The van der Waals surface area contributed by atoms with Crippen molar-refractivity contribution in [3.8, 4) is 16.9 Å². The van der Waals surface area contributed by atoms with Gasteiger partial charge in [-0.05, 0) is 63.2 Å². The van der Waals surface area contributed by atoms with Gasteiger partial charge in [0.25, 0.3) is 21.8 Å². The SMILES string of the molecule is Cc1ccc(-c2cc(C(F)(F)F)nn2-c2ccc(S(=O)(=O)NC(=O)CCC(=O)OC[C@H](C)N(C)/[N+]([O-])=N\OC(C)N3C(=O)c4ccccc4C3=O)cc2)cc1. The standard InChI is InChI=1S/C35H34F3N7O9S/c1-21-9-11-24(12-10-21)29-19-30(35(36,37)38)39-44(29)25-13-15-26(16-14-25)55(51,52)40-31(46)17-18-32(47)53-20-22(2)42(4)45(50)41-54-23(3)43-33(48)27-7-5-6-8-28(27)34(43)49/h5-16,19,22-23H,17-18,20H2,1-4H3,(H,40,46)/b45-41+/t22-,23?/m0/s1. The Labute approximate surface area is 312 Å². The first kappa shape index (κ1) is 39.9. The molecule has 0 aliphatic carbocycles. The lowest BCUT2D eigenvalue weighted by molar-refractivity contribution is -0.713. The van der Waals surface area contributed by atoms with Crippen LogP contribution < -0.4 is 4.72 Å². The molecule has 5 rings (SSSR count). The number of nitrogens with zero attached hydrogens (tertiary/aromatic N) is 6. The molecule has 1 aliphatic heterocycles. The summed E-state index contributed by atoms with van der Waals surface area (Å²) in [6, 6.07) is 17.6. The molecule has 3 aromatic carbocycles. The Morgan fingerprint density at radius 2 is 1.58 bits per heavy atom. The highest BCUT2D eigenvalue weighted by molar-refractivity contribution is 7.90. The number of carbonyl (C=O) groups is 4. The molecule has 4 aromatic rings. The van der Waals surface area contributed by atoms with E-state index >= 15 is 0 Å². The maximum Gasteiger partial charge on any atom is 0.435 e. The fraction of sp³-hybridized carbons (Fsp3) is 0.286. The van der Waals surface area contributed by atoms with Crippen LogP contribution in [0.2, 0.25) is 0 Å². The molecular weight excluding hydrogens is 751 g/mol. The molecule has 0 saturated heterocycles. The van der Waals surface area contributed by atoms with Gasteiger partial charge < -0.3 is 14.8 Å². The second kappa shape index (κ2) is 16.0. The highest BCUT2D eigenvalue weighted by Crippen LogP contribution is 2.33. The number of hydrogen-bond acceptors (Lipinski definition) is 11. The molecule has 1 unspecified atom stereocenters. The molecule has 20 heteroatoms. The van der Waals surface area contributed by atoms with Gasteiger partial charge in [-0.1, -0.05) is 42.0 Å². The molecule has 1 aromatic heterocycles. The Kier molecular flexibility index (Phi) is 11.6. The zero-order valence-corrected chi connectivity index (χ0v) is 30.5. The van der Waals surface area contributed by atoms with Crippen LogP contribution in [0.1, 0.15) is 58.7 Å². The number of hydrogen-bond donors (Lipinski definition) is 1. The summed E-state index contributed by atoms with van der Waals surface area (Å²) in [5, 5.41) is 20.5. The Balaban J connectivity index is 1.10. The van der Waals surface area contributed by atoms with E-state index in [0.29, 0.717) is 5.56 Å². The van der Waals surface area contributed by atoms with Crippen LogP contribution in [0.4, 0.5) is 13.2 Å². The minimum Gasteiger partial charge on any atom is -0.569 e. The maximum absolute atomic E-state index is 13.5. The van der Waals surface area contributed by atoms with Crippen LogP contribution in [-0.4, -0.2) is 82.7 Å². The van der Waals surface area contributed by atoms with Crippen LogP contribution >= 0.6 is 0 Å². The number of rotatable bonds is 14. The number of imide groups is 1. The molecule has 290 valence electrons. The monoisotopic (exact) mass is 785 g/mol. The minimum atomic E-state index is -4.74. The molecule has 3 amide bonds. The Hall–Kier alpha value is -6.31. The number of nitrogens with one attached hydrogen (secondary N) is 1. The minimum absolute atomic E-state index is 0.0236. The molecule has 55 heavy (non-hydrogen) atoms. The summed E-state index contributed by atoms with van der Waals surface area (Å²) in [6.45, 7) is 4.32. The van der Waals surface area contributed by atoms with Crippen molar-refractivity contribution in [2.45, 2.75) is 57.0 Å². The molecule has 0 fully saturated rings. The Morgan fingerprint density at radius 1 is 0.982 bits per heavy atom. The third kappa shape index (κ3) is 9.08. The van der Waals surface area contributed by atoms with E-state index in [4.69, 9.17) is 9.57 Å². The van der Waals surface area contributed by atoms with E-state index in [0.717, 1.165) is 38.4 Å². The van der Waals surface area contributed by atoms with E-state index in [2.05, 4.69) is 10.4 Å². The van der Waals surface area contributed by atoms with Crippen molar-refractivity contribution in [2.24, 2.45) is 5.28 Å². The smallest absolute Gasteiger partial charge is 0.435 e. The second-order valence-corrected chi connectivity index (χ2v) is 14.1. The molecule has 0 spiro atoms. The Morgan fingerprint density at radius 3 is 2.16 bits per heavy atom. The van der Waals surface area contributed by atoms with Gasteiger partial charge >= 0.3 is 12.1 Å². The van der Waals surface area contributed by atoms with Crippen molar-refractivity contribution >= 4 is 33.7 Å². The van der Waals surface area contributed by atoms with Gasteiger partial charge in [0.1, 0.15) is 12.6 Å². The number of amides is 3. The average Bonchev–Trinajstić information content (AvgIpc) is 3.71. The van der Waals surface area contributed by atoms with E-state index in [1.807, 2.05) is 11.6 Å². The Bertz CT molecular complexity index is 2210. The first-order valence-electron chi connectivity index (χ1n) is 16.5. The summed E-state index contributed by atoms with van der Waals surface area (Å²) in [5.74, 6) is -3.14. The molecule has 0 saturated carbocycles. The fourth-order valence-electron chi connectivity index (χ4n) is 5.20.